The lowest BCUT2D eigenvalue weighted by atomic mass is 9.78. The molecule has 0 aliphatic heterocycles. The van der Waals surface area contributed by atoms with E-state index in [-0.39, 0.29) is 5.41 Å². The predicted octanol–water partition coefficient (Wildman–Crippen LogP) is 3.98. The van der Waals surface area contributed by atoms with Crippen molar-refractivity contribution >= 4 is 6.08 Å². The zero-order valence-corrected chi connectivity index (χ0v) is 10.7. The number of rotatable bonds is 6. The van der Waals surface area contributed by atoms with Crippen molar-refractivity contribution in [2.24, 2.45) is 0 Å². The molecule has 1 aromatic heterocycles. The van der Waals surface area contributed by atoms with Crippen molar-refractivity contribution in [3.63, 3.8) is 0 Å². The van der Waals surface area contributed by atoms with Crippen LogP contribution in [0.3, 0.4) is 0 Å². The molecule has 0 unspecified atom stereocenters. The molecule has 0 saturated carbocycles. The Labute approximate surface area is 98.8 Å². The van der Waals surface area contributed by atoms with E-state index in [2.05, 4.69) is 43.4 Å². The lowest BCUT2D eigenvalue weighted by molar-refractivity contribution is 0.380. The minimum Gasteiger partial charge on any atom is -0.241 e. The highest BCUT2D eigenvalue weighted by atomic mass is 14.8. The minimum absolute atomic E-state index is 0.185. The maximum Gasteiger partial charge on any atom is 0.116 e. The van der Waals surface area contributed by atoms with E-state index in [1.54, 1.807) is 12.4 Å². The third-order valence-corrected chi connectivity index (χ3v) is 3.12. The Morgan fingerprint density at radius 3 is 2.38 bits per heavy atom. The Bertz CT molecular complexity index is 338. The highest BCUT2D eigenvalue weighted by Gasteiger charge is 2.26. The van der Waals surface area contributed by atoms with E-state index in [9.17, 15) is 0 Å². The van der Waals surface area contributed by atoms with Crippen LogP contribution in [0.5, 0.6) is 0 Å². The molecule has 1 heterocycles. The van der Waals surface area contributed by atoms with Crippen LogP contribution in [-0.4, -0.2) is 9.97 Å². The third kappa shape index (κ3) is 2.91. The van der Waals surface area contributed by atoms with Gasteiger partial charge < -0.3 is 0 Å². The van der Waals surface area contributed by atoms with E-state index in [0.29, 0.717) is 0 Å². The molecule has 2 nitrogen and oxygen atoms in total. The first kappa shape index (κ1) is 12.9. The van der Waals surface area contributed by atoms with Gasteiger partial charge in [-0.2, -0.15) is 0 Å². The molecular formula is C14H22N2. The largest absolute Gasteiger partial charge is 0.241 e. The topological polar surface area (TPSA) is 25.8 Å². The van der Waals surface area contributed by atoms with Crippen molar-refractivity contribution in [2.75, 3.05) is 0 Å². The van der Waals surface area contributed by atoms with E-state index >= 15 is 0 Å². The van der Waals surface area contributed by atoms with Crippen molar-refractivity contribution in [1.82, 2.24) is 9.97 Å². The van der Waals surface area contributed by atoms with Crippen LogP contribution in [0.1, 0.15) is 57.8 Å². The Morgan fingerprint density at radius 2 is 1.88 bits per heavy atom. The number of hydrogen-bond acceptors (Lipinski definition) is 2. The average Bonchev–Trinajstić information content (AvgIpc) is 2.30. The van der Waals surface area contributed by atoms with Gasteiger partial charge in [-0.15, -0.1) is 0 Å². The summed E-state index contributed by atoms with van der Waals surface area (Å²) < 4.78 is 0. The standard InChI is InChI=1S/C14H22N2/c1-5-8-14(4,9-6-2)13-10-12(7-3)15-11-16-13/h7,10-11H,3,5-6,8-9H2,1-2,4H3. The average molecular weight is 218 g/mol. The second kappa shape index (κ2) is 5.78. The van der Waals surface area contributed by atoms with Crippen molar-refractivity contribution in [3.05, 3.63) is 30.4 Å². The number of nitrogens with zero attached hydrogens (tertiary/aromatic N) is 2. The van der Waals surface area contributed by atoms with Gasteiger partial charge in [0.15, 0.2) is 0 Å². The van der Waals surface area contributed by atoms with Gasteiger partial charge in [-0.05, 0) is 25.0 Å². The van der Waals surface area contributed by atoms with E-state index in [0.717, 1.165) is 11.4 Å². The summed E-state index contributed by atoms with van der Waals surface area (Å²) in [5.74, 6) is 0. The van der Waals surface area contributed by atoms with Gasteiger partial charge in [-0.25, -0.2) is 9.97 Å². The minimum atomic E-state index is 0.185. The molecule has 0 aromatic carbocycles. The SMILES string of the molecule is C=Cc1cc(C(C)(CCC)CCC)ncn1. The molecule has 0 radical (unpaired) electrons. The van der Waals surface area contributed by atoms with Crippen LogP contribution < -0.4 is 0 Å². The molecular weight excluding hydrogens is 196 g/mol. The van der Waals surface area contributed by atoms with E-state index in [1.165, 1.54) is 25.7 Å². The van der Waals surface area contributed by atoms with Crippen LogP contribution in [-0.2, 0) is 5.41 Å². The van der Waals surface area contributed by atoms with Gasteiger partial charge in [-0.1, -0.05) is 40.2 Å². The van der Waals surface area contributed by atoms with Crippen LogP contribution in [0.15, 0.2) is 19.0 Å². The summed E-state index contributed by atoms with van der Waals surface area (Å²) in [7, 11) is 0. The Kier molecular flexibility index (Phi) is 4.66. The fourth-order valence-electron chi connectivity index (χ4n) is 2.30. The normalized spacial score (nSPS) is 11.4. The van der Waals surface area contributed by atoms with Crippen LogP contribution in [0.2, 0.25) is 0 Å². The second-order valence-corrected chi connectivity index (χ2v) is 4.59. The van der Waals surface area contributed by atoms with E-state index in [4.69, 9.17) is 0 Å². The van der Waals surface area contributed by atoms with Gasteiger partial charge in [0, 0.05) is 5.41 Å². The summed E-state index contributed by atoms with van der Waals surface area (Å²) in [6.45, 7) is 10.5. The molecule has 1 aromatic rings. The third-order valence-electron chi connectivity index (χ3n) is 3.12. The van der Waals surface area contributed by atoms with Gasteiger partial charge in [0.1, 0.15) is 6.33 Å². The molecule has 0 aliphatic rings. The predicted molar refractivity (Wildman–Crippen MR) is 69.3 cm³/mol. The molecule has 0 N–H and O–H groups in total. The van der Waals surface area contributed by atoms with E-state index in [1.807, 2.05) is 0 Å². The van der Waals surface area contributed by atoms with Gasteiger partial charge in [0.25, 0.3) is 0 Å². The Morgan fingerprint density at radius 1 is 1.25 bits per heavy atom. The van der Waals surface area contributed by atoms with E-state index < -0.39 is 0 Å². The summed E-state index contributed by atoms with van der Waals surface area (Å²) in [4.78, 5) is 8.60. The van der Waals surface area contributed by atoms with Gasteiger partial charge in [0.2, 0.25) is 0 Å². The van der Waals surface area contributed by atoms with Crippen molar-refractivity contribution in [2.45, 2.75) is 51.9 Å². The van der Waals surface area contributed by atoms with Gasteiger partial charge in [-0.3, -0.25) is 0 Å². The molecule has 0 aliphatic carbocycles. The monoisotopic (exact) mass is 218 g/mol. The second-order valence-electron chi connectivity index (χ2n) is 4.59. The molecule has 1 rings (SSSR count). The van der Waals surface area contributed by atoms with Crippen molar-refractivity contribution < 1.29 is 0 Å². The van der Waals surface area contributed by atoms with Crippen LogP contribution in [0.25, 0.3) is 6.08 Å². The van der Waals surface area contributed by atoms with Gasteiger partial charge in [0.05, 0.1) is 11.4 Å². The fourth-order valence-corrected chi connectivity index (χ4v) is 2.30. The maximum absolute atomic E-state index is 4.44. The fraction of sp³-hybridized carbons (Fsp3) is 0.571. The van der Waals surface area contributed by atoms with Crippen molar-refractivity contribution in [3.8, 4) is 0 Å². The maximum atomic E-state index is 4.44. The molecule has 16 heavy (non-hydrogen) atoms. The first-order chi connectivity index (χ1) is 7.66. The highest BCUT2D eigenvalue weighted by molar-refractivity contribution is 5.42. The van der Waals surface area contributed by atoms with Crippen LogP contribution >= 0.6 is 0 Å². The zero-order chi connectivity index (χ0) is 12.0. The molecule has 88 valence electrons. The molecule has 0 bridgehead atoms. The first-order valence-corrected chi connectivity index (χ1v) is 6.11. The molecule has 0 fully saturated rings. The highest BCUT2D eigenvalue weighted by Crippen LogP contribution is 2.32. The first-order valence-electron chi connectivity index (χ1n) is 6.11. The lowest BCUT2D eigenvalue weighted by Gasteiger charge is -2.28. The smallest absolute Gasteiger partial charge is 0.116 e. The molecule has 0 spiro atoms. The number of hydrogen-bond donors (Lipinski definition) is 0. The van der Waals surface area contributed by atoms with Gasteiger partial charge >= 0.3 is 0 Å². The summed E-state index contributed by atoms with van der Waals surface area (Å²) in [6, 6.07) is 2.07. The Hall–Kier alpha value is -1.18. The molecule has 0 saturated heterocycles. The number of aromatic nitrogens is 2. The summed E-state index contributed by atoms with van der Waals surface area (Å²) in [6.07, 6.45) is 8.15. The summed E-state index contributed by atoms with van der Waals surface area (Å²) in [5.41, 5.74) is 2.26. The van der Waals surface area contributed by atoms with Crippen LogP contribution in [0.4, 0.5) is 0 Å². The molecule has 0 amide bonds. The lowest BCUT2D eigenvalue weighted by Crippen LogP contribution is -2.23. The zero-order valence-electron chi connectivity index (χ0n) is 10.7. The molecule has 2 heteroatoms. The summed E-state index contributed by atoms with van der Waals surface area (Å²) >= 11 is 0. The molecule has 0 atom stereocenters. The van der Waals surface area contributed by atoms with Crippen LogP contribution in [0, 0.1) is 0 Å². The van der Waals surface area contributed by atoms with Crippen molar-refractivity contribution in [1.29, 1.82) is 0 Å². The summed E-state index contributed by atoms with van der Waals surface area (Å²) in [5, 5.41) is 0. The quantitative estimate of drug-likeness (QED) is 0.721. The Balaban J connectivity index is 3.04.